The standard InChI is InChI=1S/C26H26BF3N2O4/c1-17(24(33)31-16-19-6-5-9-22(14-19)26(28,29)30)25(34)32-23(27(35)36)15-18-10-12-21(13-11-18)20-7-3-2-4-8-20/h2-14,17,23,35-36H,15-16H2,1H3,(H,31,33)(H,32,34). The fourth-order valence-corrected chi connectivity index (χ4v) is 3.58. The number of amides is 2. The lowest BCUT2D eigenvalue weighted by Crippen LogP contribution is -2.51. The molecule has 6 nitrogen and oxygen atoms in total. The van der Waals surface area contributed by atoms with E-state index in [9.17, 15) is 32.8 Å². The summed E-state index contributed by atoms with van der Waals surface area (Å²) in [6.45, 7) is 1.13. The fourth-order valence-electron chi connectivity index (χ4n) is 3.58. The van der Waals surface area contributed by atoms with Crippen LogP contribution in [0.5, 0.6) is 0 Å². The van der Waals surface area contributed by atoms with Crippen molar-refractivity contribution >= 4 is 18.9 Å². The molecule has 36 heavy (non-hydrogen) atoms. The van der Waals surface area contributed by atoms with Crippen molar-refractivity contribution in [1.82, 2.24) is 10.6 Å². The zero-order valence-electron chi connectivity index (χ0n) is 19.5. The van der Waals surface area contributed by atoms with Gasteiger partial charge in [0.2, 0.25) is 11.8 Å². The number of halogens is 3. The predicted octanol–water partition coefficient (Wildman–Crippen LogP) is 3.36. The molecule has 0 heterocycles. The van der Waals surface area contributed by atoms with Gasteiger partial charge in [-0.2, -0.15) is 13.2 Å². The summed E-state index contributed by atoms with van der Waals surface area (Å²) in [6, 6.07) is 21.6. The van der Waals surface area contributed by atoms with E-state index in [1.54, 1.807) is 0 Å². The second-order valence-corrected chi connectivity index (χ2v) is 8.43. The molecule has 4 N–H and O–H groups in total. The summed E-state index contributed by atoms with van der Waals surface area (Å²) < 4.78 is 38.6. The highest BCUT2D eigenvalue weighted by Gasteiger charge is 2.31. The molecule has 188 valence electrons. The van der Waals surface area contributed by atoms with Gasteiger partial charge in [-0.15, -0.1) is 0 Å². The smallest absolute Gasteiger partial charge is 0.426 e. The molecule has 2 atom stereocenters. The maximum atomic E-state index is 12.9. The SMILES string of the molecule is CC(C(=O)NCc1cccc(C(F)(F)F)c1)C(=O)NC(Cc1ccc(-c2ccccc2)cc1)B(O)O. The first-order valence-electron chi connectivity index (χ1n) is 11.3. The number of carbonyl (C=O) groups excluding carboxylic acids is 2. The minimum atomic E-state index is -4.50. The summed E-state index contributed by atoms with van der Waals surface area (Å²) in [5.74, 6) is -3.73. The lowest BCUT2D eigenvalue weighted by atomic mass is 9.75. The minimum absolute atomic E-state index is 0.108. The van der Waals surface area contributed by atoms with Crippen molar-refractivity contribution in [1.29, 1.82) is 0 Å². The maximum Gasteiger partial charge on any atom is 0.475 e. The summed E-state index contributed by atoms with van der Waals surface area (Å²) in [4.78, 5) is 25.0. The largest absolute Gasteiger partial charge is 0.475 e. The average molecular weight is 498 g/mol. The van der Waals surface area contributed by atoms with Crippen LogP contribution in [0, 0.1) is 5.92 Å². The summed E-state index contributed by atoms with van der Waals surface area (Å²) in [5.41, 5.74) is 2.15. The molecule has 2 amide bonds. The second kappa shape index (κ2) is 11.9. The number of alkyl halides is 3. The third-order valence-corrected chi connectivity index (χ3v) is 5.71. The molecule has 0 fully saturated rings. The monoisotopic (exact) mass is 498 g/mol. The van der Waals surface area contributed by atoms with Crippen LogP contribution in [0.3, 0.4) is 0 Å². The first kappa shape index (κ1) is 27.0. The molecule has 0 aromatic heterocycles. The number of rotatable bonds is 9. The Bertz CT molecular complexity index is 1170. The van der Waals surface area contributed by atoms with Gasteiger partial charge < -0.3 is 20.7 Å². The van der Waals surface area contributed by atoms with E-state index in [0.717, 1.165) is 28.8 Å². The predicted molar refractivity (Wildman–Crippen MR) is 130 cm³/mol. The molecule has 0 aliphatic carbocycles. The Kier molecular flexibility index (Phi) is 8.90. The minimum Gasteiger partial charge on any atom is -0.426 e. The lowest BCUT2D eigenvalue weighted by Gasteiger charge is -2.20. The Balaban J connectivity index is 1.57. The van der Waals surface area contributed by atoms with Gasteiger partial charge in [0, 0.05) is 6.54 Å². The van der Waals surface area contributed by atoms with Gasteiger partial charge in [0.05, 0.1) is 11.5 Å². The van der Waals surface area contributed by atoms with E-state index in [0.29, 0.717) is 0 Å². The van der Waals surface area contributed by atoms with Gasteiger partial charge in [0.15, 0.2) is 0 Å². The molecule has 3 rings (SSSR count). The van der Waals surface area contributed by atoms with Crippen molar-refractivity contribution in [2.24, 2.45) is 5.92 Å². The molecule has 3 aromatic carbocycles. The highest BCUT2D eigenvalue weighted by Crippen LogP contribution is 2.29. The number of nitrogens with one attached hydrogen (secondary N) is 2. The van der Waals surface area contributed by atoms with Crippen LogP contribution < -0.4 is 10.6 Å². The van der Waals surface area contributed by atoms with Crippen LogP contribution >= 0.6 is 0 Å². The Morgan fingerprint density at radius 2 is 1.50 bits per heavy atom. The molecule has 2 unspecified atom stereocenters. The van der Waals surface area contributed by atoms with Crippen molar-refractivity contribution in [3.05, 3.63) is 95.6 Å². The quantitative estimate of drug-likeness (QED) is 0.269. The van der Waals surface area contributed by atoms with E-state index in [-0.39, 0.29) is 18.5 Å². The lowest BCUT2D eigenvalue weighted by molar-refractivity contribution is -0.137. The van der Waals surface area contributed by atoms with Crippen LogP contribution in [-0.4, -0.2) is 34.9 Å². The van der Waals surface area contributed by atoms with E-state index in [1.165, 1.54) is 19.1 Å². The normalized spacial score (nSPS) is 12.9. The Labute approximate surface area is 207 Å². The van der Waals surface area contributed by atoms with Crippen molar-refractivity contribution in [3.8, 4) is 11.1 Å². The summed E-state index contributed by atoms with van der Waals surface area (Å²) in [5, 5.41) is 24.4. The number of benzene rings is 3. The number of hydrogen-bond acceptors (Lipinski definition) is 4. The van der Waals surface area contributed by atoms with Gasteiger partial charge in [-0.05, 0) is 47.7 Å². The zero-order valence-corrected chi connectivity index (χ0v) is 19.5. The van der Waals surface area contributed by atoms with Crippen LogP contribution in [0.4, 0.5) is 13.2 Å². The number of hydrogen-bond donors (Lipinski definition) is 4. The van der Waals surface area contributed by atoms with Gasteiger partial charge in [-0.25, -0.2) is 0 Å². The molecule has 0 saturated carbocycles. The molecule has 0 bridgehead atoms. The molecule has 0 radical (unpaired) electrons. The van der Waals surface area contributed by atoms with E-state index in [4.69, 9.17) is 0 Å². The molecular weight excluding hydrogens is 472 g/mol. The molecule has 0 spiro atoms. The third kappa shape index (κ3) is 7.43. The van der Waals surface area contributed by atoms with Gasteiger partial charge >= 0.3 is 13.3 Å². The van der Waals surface area contributed by atoms with Gasteiger partial charge in [0.25, 0.3) is 0 Å². The Hall–Kier alpha value is -3.63. The molecule has 0 aliphatic rings. The average Bonchev–Trinajstić information content (AvgIpc) is 2.87. The molecule has 3 aromatic rings. The summed E-state index contributed by atoms with van der Waals surface area (Å²) in [6.07, 6.45) is -4.40. The Morgan fingerprint density at radius 3 is 2.11 bits per heavy atom. The number of carbonyl (C=O) groups is 2. The van der Waals surface area contributed by atoms with Crippen LogP contribution in [-0.2, 0) is 28.7 Å². The Morgan fingerprint density at radius 1 is 0.861 bits per heavy atom. The van der Waals surface area contributed by atoms with E-state index >= 15 is 0 Å². The van der Waals surface area contributed by atoms with Crippen LogP contribution in [0.25, 0.3) is 11.1 Å². The van der Waals surface area contributed by atoms with Crippen LogP contribution in [0.1, 0.15) is 23.6 Å². The van der Waals surface area contributed by atoms with Crippen molar-refractivity contribution < 1.29 is 32.8 Å². The first-order valence-corrected chi connectivity index (χ1v) is 11.3. The van der Waals surface area contributed by atoms with E-state index in [1.807, 2.05) is 54.6 Å². The summed E-state index contributed by atoms with van der Waals surface area (Å²) >= 11 is 0. The molecular formula is C26H26BF3N2O4. The van der Waals surface area contributed by atoms with Crippen molar-refractivity contribution in [2.75, 3.05) is 0 Å². The molecule has 0 saturated heterocycles. The zero-order chi connectivity index (χ0) is 26.3. The highest BCUT2D eigenvalue weighted by atomic mass is 19.4. The van der Waals surface area contributed by atoms with Crippen molar-refractivity contribution in [2.45, 2.75) is 32.0 Å². The highest BCUT2D eigenvalue weighted by molar-refractivity contribution is 6.43. The maximum absolute atomic E-state index is 12.9. The van der Waals surface area contributed by atoms with Gasteiger partial charge in [0.1, 0.15) is 5.92 Å². The van der Waals surface area contributed by atoms with Gasteiger partial charge in [-0.1, -0.05) is 66.7 Å². The topological polar surface area (TPSA) is 98.7 Å². The van der Waals surface area contributed by atoms with E-state index in [2.05, 4.69) is 10.6 Å². The summed E-state index contributed by atoms with van der Waals surface area (Å²) in [7, 11) is -1.87. The third-order valence-electron chi connectivity index (χ3n) is 5.71. The first-order chi connectivity index (χ1) is 17.0. The van der Waals surface area contributed by atoms with Crippen LogP contribution in [0.2, 0.25) is 0 Å². The molecule has 10 heteroatoms. The van der Waals surface area contributed by atoms with E-state index < -0.39 is 42.5 Å². The van der Waals surface area contributed by atoms with Crippen LogP contribution in [0.15, 0.2) is 78.9 Å². The fraction of sp³-hybridized carbons (Fsp3) is 0.231. The van der Waals surface area contributed by atoms with Crippen molar-refractivity contribution in [3.63, 3.8) is 0 Å². The second-order valence-electron chi connectivity index (χ2n) is 8.43. The molecule has 0 aliphatic heterocycles. The van der Waals surface area contributed by atoms with Gasteiger partial charge in [-0.3, -0.25) is 9.59 Å².